The molecule has 2 amide bonds. The van der Waals surface area contributed by atoms with Gasteiger partial charge in [0.05, 0.1) is 26.2 Å². The molecule has 0 spiro atoms. The van der Waals surface area contributed by atoms with Gasteiger partial charge in [0.1, 0.15) is 24.1 Å². The molecule has 3 rings (SSSR count). The molecule has 0 heterocycles. The number of sulfonamides is 1. The number of methoxy groups -OCH3 is 2. The van der Waals surface area contributed by atoms with Gasteiger partial charge in [0.2, 0.25) is 21.8 Å². The lowest BCUT2D eigenvalue weighted by molar-refractivity contribution is -0.140. The number of carbonyl (C=O) groups is 2. The largest absolute Gasteiger partial charge is 0.497 e. The summed E-state index contributed by atoms with van der Waals surface area (Å²) in [6, 6.07) is 11.8. The second-order valence-electron chi connectivity index (χ2n) is 10.1. The zero-order valence-corrected chi connectivity index (χ0v) is 24.4. The summed E-state index contributed by atoms with van der Waals surface area (Å²) >= 11 is 0. The van der Waals surface area contributed by atoms with Crippen LogP contribution < -0.4 is 19.1 Å². The Hall–Kier alpha value is -3.27. The van der Waals surface area contributed by atoms with Crippen LogP contribution in [0.4, 0.5) is 5.69 Å². The Morgan fingerprint density at radius 1 is 1.05 bits per heavy atom. The Morgan fingerprint density at radius 2 is 1.77 bits per heavy atom. The Balaban J connectivity index is 1.97. The third-order valence-electron chi connectivity index (χ3n) is 7.11. The molecule has 0 unspecified atom stereocenters. The fourth-order valence-electron chi connectivity index (χ4n) is 5.02. The summed E-state index contributed by atoms with van der Waals surface area (Å²) in [5.41, 5.74) is 1.86. The fraction of sp³-hybridized carbons (Fsp3) is 0.517. The summed E-state index contributed by atoms with van der Waals surface area (Å²) in [5, 5.41) is 3.15. The van der Waals surface area contributed by atoms with Crippen molar-refractivity contribution in [1.29, 1.82) is 0 Å². The number of ether oxygens (including phenoxy) is 2. The molecule has 1 atom stereocenters. The van der Waals surface area contributed by atoms with Crippen LogP contribution in [0.15, 0.2) is 42.5 Å². The minimum atomic E-state index is -3.87. The Labute approximate surface area is 232 Å². The highest BCUT2D eigenvalue weighted by molar-refractivity contribution is 7.92. The highest BCUT2D eigenvalue weighted by Gasteiger charge is 2.33. The molecule has 2 aromatic carbocycles. The molecule has 39 heavy (non-hydrogen) atoms. The van der Waals surface area contributed by atoms with Gasteiger partial charge in [-0.05, 0) is 61.6 Å². The van der Waals surface area contributed by atoms with Gasteiger partial charge in [-0.15, -0.1) is 0 Å². The average Bonchev–Trinajstić information content (AvgIpc) is 2.91. The molecule has 1 fully saturated rings. The van der Waals surface area contributed by atoms with Crippen molar-refractivity contribution in [2.45, 2.75) is 71.0 Å². The number of hydrogen-bond acceptors (Lipinski definition) is 6. The molecule has 0 aromatic heterocycles. The number of benzene rings is 2. The summed E-state index contributed by atoms with van der Waals surface area (Å²) in [6.45, 7) is 3.34. The van der Waals surface area contributed by atoms with Crippen LogP contribution in [0.25, 0.3) is 0 Å². The number of aryl methyl sites for hydroxylation is 1. The molecule has 214 valence electrons. The van der Waals surface area contributed by atoms with E-state index < -0.39 is 28.5 Å². The summed E-state index contributed by atoms with van der Waals surface area (Å²) in [4.78, 5) is 29.0. The second-order valence-corrected chi connectivity index (χ2v) is 12.0. The number of rotatable bonds is 12. The van der Waals surface area contributed by atoms with E-state index in [-0.39, 0.29) is 24.2 Å². The molecule has 2 aromatic rings. The van der Waals surface area contributed by atoms with E-state index in [1.54, 1.807) is 25.3 Å². The SMILES string of the molecule is CC[C@@H](C(=O)NC1CCCCC1)N(Cc1cccc(OC)c1)C(=O)CN(c1cc(C)ccc1OC)S(C)(=O)=O. The third kappa shape index (κ3) is 8.11. The van der Waals surface area contributed by atoms with E-state index >= 15 is 0 Å². The summed E-state index contributed by atoms with van der Waals surface area (Å²) < 4.78 is 37.7. The van der Waals surface area contributed by atoms with Crippen molar-refractivity contribution in [3.05, 3.63) is 53.6 Å². The number of carbonyl (C=O) groups excluding carboxylic acids is 2. The molecule has 0 bridgehead atoms. The first-order valence-corrected chi connectivity index (χ1v) is 15.3. The van der Waals surface area contributed by atoms with Crippen molar-refractivity contribution in [2.75, 3.05) is 31.3 Å². The molecular weight excluding hydrogens is 518 g/mol. The lowest BCUT2D eigenvalue weighted by Gasteiger charge is -2.34. The molecule has 0 radical (unpaired) electrons. The number of amides is 2. The second kappa shape index (κ2) is 13.7. The van der Waals surface area contributed by atoms with Crippen molar-refractivity contribution in [3.8, 4) is 11.5 Å². The van der Waals surface area contributed by atoms with Crippen molar-refractivity contribution in [3.63, 3.8) is 0 Å². The highest BCUT2D eigenvalue weighted by atomic mass is 32.2. The quantitative estimate of drug-likeness (QED) is 0.421. The minimum absolute atomic E-state index is 0.0816. The molecule has 9 nitrogen and oxygen atoms in total. The van der Waals surface area contributed by atoms with Gasteiger partial charge in [0.15, 0.2) is 0 Å². The number of hydrogen-bond donors (Lipinski definition) is 1. The van der Waals surface area contributed by atoms with Gasteiger partial charge in [0, 0.05) is 12.6 Å². The van der Waals surface area contributed by atoms with Crippen LogP contribution in [-0.2, 0) is 26.2 Å². The van der Waals surface area contributed by atoms with E-state index in [1.807, 2.05) is 38.1 Å². The number of anilines is 1. The van der Waals surface area contributed by atoms with Crippen molar-refractivity contribution < 1.29 is 27.5 Å². The molecule has 10 heteroatoms. The Morgan fingerprint density at radius 3 is 2.38 bits per heavy atom. The molecule has 1 aliphatic rings. The van der Waals surface area contributed by atoms with E-state index in [0.29, 0.717) is 17.9 Å². The van der Waals surface area contributed by atoms with Crippen LogP contribution >= 0.6 is 0 Å². The first kappa shape index (κ1) is 30.3. The highest BCUT2D eigenvalue weighted by Crippen LogP contribution is 2.31. The van der Waals surface area contributed by atoms with E-state index in [1.165, 1.54) is 12.0 Å². The van der Waals surface area contributed by atoms with E-state index in [9.17, 15) is 18.0 Å². The summed E-state index contributed by atoms with van der Waals surface area (Å²) in [6.07, 6.45) is 6.56. The lowest BCUT2D eigenvalue weighted by atomic mass is 9.95. The Bertz CT molecular complexity index is 1240. The maximum Gasteiger partial charge on any atom is 0.244 e. The normalized spacial score (nSPS) is 14.8. The van der Waals surface area contributed by atoms with Gasteiger partial charge < -0.3 is 19.7 Å². The third-order valence-corrected chi connectivity index (χ3v) is 8.23. The standard InChI is InChI=1S/C29H41N3O6S/c1-6-25(29(34)30-23-12-8-7-9-13-23)31(19-22-11-10-14-24(18-22)37-3)28(33)20-32(39(5,35)36)26-17-21(2)15-16-27(26)38-4/h10-11,14-18,23,25H,6-9,12-13,19-20H2,1-5H3,(H,30,34)/t25-/m0/s1. The van der Waals surface area contributed by atoms with Crippen LogP contribution in [0.2, 0.25) is 0 Å². The Kier molecular flexibility index (Phi) is 10.6. The predicted octanol–water partition coefficient (Wildman–Crippen LogP) is 4.03. The van der Waals surface area contributed by atoms with Gasteiger partial charge in [-0.3, -0.25) is 13.9 Å². The molecule has 0 aliphatic heterocycles. The van der Waals surface area contributed by atoms with Gasteiger partial charge in [-0.1, -0.05) is 44.4 Å². The average molecular weight is 560 g/mol. The van der Waals surface area contributed by atoms with Crippen molar-refractivity contribution in [1.82, 2.24) is 10.2 Å². The zero-order valence-electron chi connectivity index (χ0n) is 23.6. The van der Waals surface area contributed by atoms with Crippen LogP contribution in [0.1, 0.15) is 56.6 Å². The maximum absolute atomic E-state index is 14.0. The van der Waals surface area contributed by atoms with Gasteiger partial charge in [-0.25, -0.2) is 8.42 Å². The van der Waals surface area contributed by atoms with E-state index in [2.05, 4.69) is 5.32 Å². The van der Waals surface area contributed by atoms with Gasteiger partial charge in [0.25, 0.3) is 0 Å². The predicted molar refractivity (Wildman–Crippen MR) is 153 cm³/mol. The fourth-order valence-corrected chi connectivity index (χ4v) is 5.87. The molecule has 1 saturated carbocycles. The van der Waals surface area contributed by atoms with Crippen LogP contribution in [-0.4, -0.2) is 64.2 Å². The molecule has 0 saturated heterocycles. The molecule has 1 aliphatic carbocycles. The topological polar surface area (TPSA) is 105 Å². The van der Waals surface area contributed by atoms with Crippen molar-refractivity contribution >= 4 is 27.5 Å². The first-order valence-electron chi connectivity index (χ1n) is 13.4. The number of nitrogens with zero attached hydrogens (tertiary/aromatic N) is 2. The van der Waals surface area contributed by atoms with Crippen molar-refractivity contribution in [2.24, 2.45) is 0 Å². The van der Waals surface area contributed by atoms with Gasteiger partial charge in [-0.2, -0.15) is 0 Å². The maximum atomic E-state index is 14.0. The monoisotopic (exact) mass is 559 g/mol. The van der Waals surface area contributed by atoms with Crippen LogP contribution in [0.5, 0.6) is 11.5 Å². The number of nitrogens with one attached hydrogen (secondary N) is 1. The van der Waals surface area contributed by atoms with E-state index in [4.69, 9.17) is 9.47 Å². The van der Waals surface area contributed by atoms with Gasteiger partial charge >= 0.3 is 0 Å². The van der Waals surface area contributed by atoms with Crippen LogP contribution in [0, 0.1) is 6.92 Å². The molecule has 1 N–H and O–H groups in total. The minimum Gasteiger partial charge on any atom is -0.497 e. The smallest absolute Gasteiger partial charge is 0.244 e. The summed E-state index contributed by atoms with van der Waals surface area (Å²) in [7, 11) is -0.854. The van der Waals surface area contributed by atoms with Crippen LogP contribution in [0.3, 0.4) is 0 Å². The molecular formula is C29H41N3O6S. The summed E-state index contributed by atoms with van der Waals surface area (Å²) in [5.74, 6) is 0.249. The zero-order chi connectivity index (χ0) is 28.6. The lowest BCUT2D eigenvalue weighted by Crippen LogP contribution is -2.54. The van der Waals surface area contributed by atoms with E-state index in [0.717, 1.165) is 53.8 Å². The first-order chi connectivity index (χ1) is 18.6.